The number of methoxy groups -OCH3 is 1. The first-order valence-electron chi connectivity index (χ1n) is 10.8. The van der Waals surface area contributed by atoms with E-state index in [0.29, 0.717) is 12.1 Å². The number of nitrogens with zero attached hydrogens (tertiary/aromatic N) is 3. The molecule has 1 fully saturated rings. The van der Waals surface area contributed by atoms with E-state index in [1.54, 1.807) is 7.11 Å². The summed E-state index contributed by atoms with van der Waals surface area (Å²) in [4.78, 5) is 22.5. The topological polar surface area (TPSA) is 57.7 Å². The summed E-state index contributed by atoms with van der Waals surface area (Å²) in [5.41, 5.74) is 2.70. The Hall–Kier alpha value is -3.12. The first-order chi connectivity index (χ1) is 15.1. The number of carbonyl (C=O) groups excluding carboxylic acids is 1. The molecule has 0 saturated carbocycles. The van der Waals surface area contributed by atoms with Crippen molar-refractivity contribution in [3.63, 3.8) is 0 Å². The van der Waals surface area contributed by atoms with Crippen LogP contribution in [0.2, 0.25) is 0 Å². The average molecular weight is 419 g/mol. The Morgan fingerprint density at radius 2 is 1.84 bits per heavy atom. The van der Waals surface area contributed by atoms with Gasteiger partial charge in [0, 0.05) is 25.0 Å². The van der Waals surface area contributed by atoms with Crippen LogP contribution in [0.15, 0.2) is 54.6 Å². The zero-order valence-corrected chi connectivity index (χ0v) is 18.5. The molecular formula is C25H30N4O2. The Labute approximate surface area is 183 Å². The van der Waals surface area contributed by atoms with Gasteiger partial charge in [-0.15, -0.1) is 0 Å². The third-order valence-corrected chi connectivity index (χ3v) is 5.93. The number of ether oxygens (including phenoxy) is 1. The Bertz CT molecular complexity index is 1040. The second-order valence-electron chi connectivity index (χ2n) is 8.21. The molecule has 2 heterocycles. The predicted molar refractivity (Wildman–Crippen MR) is 125 cm³/mol. The van der Waals surface area contributed by atoms with Crippen LogP contribution in [-0.4, -0.2) is 56.6 Å². The van der Waals surface area contributed by atoms with Gasteiger partial charge < -0.3 is 19.9 Å². The van der Waals surface area contributed by atoms with Gasteiger partial charge in [0.1, 0.15) is 11.6 Å². The van der Waals surface area contributed by atoms with Gasteiger partial charge in [-0.05, 0) is 56.8 Å². The number of fused-ring (bicyclic) bond motifs is 1. The van der Waals surface area contributed by atoms with Gasteiger partial charge in [-0.25, -0.2) is 4.98 Å². The Morgan fingerprint density at radius 1 is 1.13 bits per heavy atom. The Kier molecular flexibility index (Phi) is 6.37. The molecule has 0 aliphatic carbocycles. The maximum Gasteiger partial charge on any atom is 0.255 e. The van der Waals surface area contributed by atoms with Crippen molar-refractivity contribution < 1.29 is 9.53 Å². The molecule has 6 heteroatoms. The molecule has 3 aromatic rings. The van der Waals surface area contributed by atoms with Crippen LogP contribution >= 0.6 is 0 Å². The largest absolute Gasteiger partial charge is 0.497 e. The fraction of sp³-hybridized carbons (Fsp3) is 0.360. The summed E-state index contributed by atoms with van der Waals surface area (Å²) in [7, 11) is 5.71. The molecule has 1 aliphatic heterocycles. The lowest BCUT2D eigenvalue weighted by atomic mass is 10.1. The number of anilines is 1. The maximum atomic E-state index is 13.3. The van der Waals surface area contributed by atoms with E-state index in [2.05, 4.69) is 15.1 Å². The lowest BCUT2D eigenvalue weighted by molar-refractivity contribution is 0.0942. The predicted octanol–water partition coefficient (Wildman–Crippen LogP) is 3.88. The second kappa shape index (κ2) is 9.35. The number of pyridine rings is 1. The fourth-order valence-electron chi connectivity index (χ4n) is 4.15. The van der Waals surface area contributed by atoms with Crippen LogP contribution in [0, 0.1) is 0 Å². The maximum absolute atomic E-state index is 13.3. The molecule has 0 radical (unpaired) electrons. The molecule has 1 aliphatic rings. The summed E-state index contributed by atoms with van der Waals surface area (Å²) in [6.45, 7) is 2.39. The molecule has 162 valence electrons. The number of hydrogen-bond donors (Lipinski definition) is 1. The summed E-state index contributed by atoms with van der Waals surface area (Å²) in [5, 5.41) is 4.14. The molecule has 1 atom stereocenters. The molecule has 0 bridgehead atoms. The minimum atomic E-state index is -0.0829. The molecule has 31 heavy (non-hydrogen) atoms. The van der Waals surface area contributed by atoms with Crippen LogP contribution in [0.4, 0.5) is 5.82 Å². The lowest BCUT2D eigenvalue weighted by Gasteiger charge is -2.26. The molecular weight excluding hydrogens is 388 g/mol. The smallest absolute Gasteiger partial charge is 0.255 e. The van der Waals surface area contributed by atoms with Crippen molar-refractivity contribution in [2.45, 2.75) is 18.9 Å². The number of amides is 1. The van der Waals surface area contributed by atoms with E-state index in [1.807, 2.05) is 68.7 Å². The summed E-state index contributed by atoms with van der Waals surface area (Å²) in [6.07, 6.45) is 2.27. The van der Waals surface area contributed by atoms with E-state index < -0.39 is 0 Å². The van der Waals surface area contributed by atoms with Gasteiger partial charge in [0.2, 0.25) is 0 Å². The normalized spacial score (nSPS) is 14.8. The zero-order chi connectivity index (χ0) is 21.8. The molecule has 1 unspecified atom stereocenters. The molecule has 6 nitrogen and oxygen atoms in total. The number of nitrogens with one attached hydrogen (secondary N) is 1. The first kappa shape index (κ1) is 21.1. The summed E-state index contributed by atoms with van der Waals surface area (Å²) < 4.78 is 5.27. The zero-order valence-electron chi connectivity index (χ0n) is 18.5. The van der Waals surface area contributed by atoms with Crippen LogP contribution in [0.3, 0.4) is 0 Å². The third-order valence-electron chi connectivity index (χ3n) is 5.93. The number of rotatable bonds is 7. The molecule has 4 rings (SSSR count). The monoisotopic (exact) mass is 418 g/mol. The van der Waals surface area contributed by atoms with Gasteiger partial charge in [-0.2, -0.15) is 0 Å². The molecule has 2 aromatic carbocycles. The highest BCUT2D eigenvalue weighted by Gasteiger charge is 2.23. The van der Waals surface area contributed by atoms with Gasteiger partial charge in [0.05, 0.1) is 24.2 Å². The number of benzene rings is 2. The minimum absolute atomic E-state index is 0.0542. The lowest BCUT2D eigenvalue weighted by Crippen LogP contribution is -2.35. The van der Waals surface area contributed by atoms with E-state index in [4.69, 9.17) is 9.72 Å². The number of aromatic nitrogens is 1. The summed E-state index contributed by atoms with van der Waals surface area (Å²) in [6, 6.07) is 18.0. The Morgan fingerprint density at radius 3 is 2.52 bits per heavy atom. The van der Waals surface area contributed by atoms with E-state index in [9.17, 15) is 4.79 Å². The van der Waals surface area contributed by atoms with Crippen LogP contribution in [-0.2, 0) is 0 Å². The van der Waals surface area contributed by atoms with Crippen molar-refractivity contribution in [2.24, 2.45) is 0 Å². The van der Waals surface area contributed by atoms with Gasteiger partial charge in [-0.3, -0.25) is 4.79 Å². The van der Waals surface area contributed by atoms with Crippen LogP contribution in [0.5, 0.6) is 5.75 Å². The van der Waals surface area contributed by atoms with E-state index in [0.717, 1.165) is 54.0 Å². The van der Waals surface area contributed by atoms with Crippen LogP contribution < -0.4 is 15.0 Å². The first-order valence-corrected chi connectivity index (χ1v) is 10.8. The second-order valence-corrected chi connectivity index (χ2v) is 8.21. The highest BCUT2D eigenvalue weighted by Crippen LogP contribution is 2.27. The minimum Gasteiger partial charge on any atom is -0.497 e. The van der Waals surface area contributed by atoms with Crippen molar-refractivity contribution in [3.8, 4) is 5.75 Å². The van der Waals surface area contributed by atoms with Gasteiger partial charge in [0.25, 0.3) is 5.91 Å². The molecule has 1 amide bonds. The highest BCUT2D eigenvalue weighted by atomic mass is 16.5. The number of hydrogen-bond acceptors (Lipinski definition) is 5. The summed E-state index contributed by atoms with van der Waals surface area (Å²) >= 11 is 0. The summed E-state index contributed by atoms with van der Waals surface area (Å²) in [5.74, 6) is 1.53. The van der Waals surface area contributed by atoms with Crippen molar-refractivity contribution in [3.05, 3.63) is 65.7 Å². The molecule has 1 saturated heterocycles. The van der Waals surface area contributed by atoms with Crippen molar-refractivity contribution in [1.82, 2.24) is 15.2 Å². The highest BCUT2D eigenvalue weighted by molar-refractivity contribution is 6.02. The number of carbonyl (C=O) groups is 1. The number of para-hydroxylation sites is 1. The standard InChI is InChI=1S/C25H30N4O2/c1-28(2)23(18-10-12-20(31-3)13-11-18)17-26-25(30)21-16-19-8-4-5-9-22(19)27-24(21)29-14-6-7-15-29/h4-5,8-13,16,23H,6-7,14-15,17H2,1-3H3,(H,26,30). The van der Waals surface area contributed by atoms with Gasteiger partial charge in [-0.1, -0.05) is 30.3 Å². The van der Waals surface area contributed by atoms with Crippen LogP contribution in [0.1, 0.15) is 34.8 Å². The third kappa shape index (κ3) is 4.64. The molecule has 1 N–H and O–H groups in total. The Balaban J connectivity index is 1.58. The van der Waals surface area contributed by atoms with Crippen molar-refractivity contribution in [2.75, 3.05) is 45.7 Å². The van der Waals surface area contributed by atoms with Crippen molar-refractivity contribution in [1.29, 1.82) is 0 Å². The van der Waals surface area contributed by atoms with Crippen molar-refractivity contribution >= 4 is 22.6 Å². The van der Waals surface area contributed by atoms with E-state index >= 15 is 0 Å². The van der Waals surface area contributed by atoms with E-state index in [1.165, 1.54) is 0 Å². The van der Waals surface area contributed by atoms with Gasteiger partial charge >= 0.3 is 0 Å². The fourth-order valence-corrected chi connectivity index (χ4v) is 4.15. The van der Waals surface area contributed by atoms with E-state index in [-0.39, 0.29) is 11.9 Å². The number of likely N-dealkylation sites (N-methyl/N-ethyl adjacent to an activating group) is 1. The SMILES string of the molecule is COc1ccc(C(CNC(=O)c2cc3ccccc3nc2N2CCCC2)N(C)C)cc1. The average Bonchev–Trinajstić information content (AvgIpc) is 3.33. The quantitative estimate of drug-likeness (QED) is 0.631. The molecule has 0 spiro atoms. The molecule has 1 aromatic heterocycles. The van der Waals surface area contributed by atoms with Crippen LogP contribution in [0.25, 0.3) is 10.9 Å². The van der Waals surface area contributed by atoms with Gasteiger partial charge in [0.15, 0.2) is 0 Å².